The zero-order valence-electron chi connectivity index (χ0n) is 21.0. The summed E-state index contributed by atoms with van der Waals surface area (Å²) < 4.78 is 0. The Kier molecular flexibility index (Phi) is 10.8. The highest BCUT2D eigenvalue weighted by atomic mass is 16.4. The molecule has 0 aliphatic carbocycles. The zero-order valence-corrected chi connectivity index (χ0v) is 21.0. The van der Waals surface area contributed by atoms with Crippen LogP contribution in [-0.2, 0) is 36.8 Å². The predicted octanol–water partition coefficient (Wildman–Crippen LogP) is -1.70. The van der Waals surface area contributed by atoms with Crippen molar-refractivity contribution in [1.82, 2.24) is 25.9 Å². The summed E-state index contributed by atoms with van der Waals surface area (Å²) >= 11 is 0. The molecule has 2 aromatic rings. The molecule has 0 saturated carbocycles. The van der Waals surface area contributed by atoms with Gasteiger partial charge in [-0.2, -0.15) is 0 Å². The van der Waals surface area contributed by atoms with Crippen LogP contribution in [0.25, 0.3) is 0 Å². The number of nitrogens with two attached hydrogens (primary N) is 2. The van der Waals surface area contributed by atoms with Gasteiger partial charge in [0, 0.05) is 24.7 Å². The molecule has 38 heavy (non-hydrogen) atoms. The van der Waals surface area contributed by atoms with Crippen LogP contribution in [0.4, 0.5) is 0 Å². The third-order valence-corrected chi connectivity index (χ3v) is 5.61. The fourth-order valence-corrected chi connectivity index (χ4v) is 3.53. The molecule has 0 aliphatic rings. The number of hydrogen-bond donors (Lipinski definition) is 8. The lowest BCUT2D eigenvalue weighted by Gasteiger charge is -2.26. The van der Waals surface area contributed by atoms with E-state index in [9.17, 15) is 34.2 Å². The lowest BCUT2D eigenvalue weighted by atomic mass is 10.0. The lowest BCUT2D eigenvalue weighted by Crippen LogP contribution is -2.59. The number of imidazole rings is 1. The SMILES string of the molecule is CC(C)C(NC(=O)C(N)CC(N)=O)C(=O)NC(Cc1cnc[nH]1)C(=O)NC(Cc1ccc(O)cc1)C(=O)O. The molecule has 1 aromatic carbocycles. The van der Waals surface area contributed by atoms with E-state index < -0.39 is 66.1 Å². The van der Waals surface area contributed by atoms with Crippen molar-refractivity contribution in [2.24, 2.45) is 17.4 Å². The van der Waals surface area contributed by atoms with Crippen LogP contribution in [-0.4, -0.2) is 73.9 Å². The van der Waals surface area contributed by atoms with Gasteiger partial charge in [-0.1, -0.05) is 26.0 Å². The number of aromatic nitrogens is 2. The minimum atomic E-state index is -1.33. The molecule has 14 nitrogen and oxygen atoms in total. The number of amides is 4. The van der Waals surface area contributed by atoms with Gasteiger partial charge in [-0.3, -0.25) is 19.2 Å². The quantitative estimate of drug-likeness (QED) is 0.138. The number of nitrogens with zero attached hydrogens (tertiary/aromatic N) is 1. The Hall–Kier alpha value is -4.46. The highest BCUT2D eigenvalue weighted by Crippen LogP contribution is 2.12. The molecule has 2 rings (SSSR count). The lowest BCUT2D eigenvalue weighted by molar-refractivity contribution is -0.142. The molecule has 0 bridgehead atoms. The van der Waals surface area contributed by atoms with Gasteiger partial charge in [-0.05, 0) is 23.6 Å². The van der Waals surface area contributed by atoms with Crippen molar-refractivity contribution in [2.45, 2.75) is 57.3 Å². The maximum Gasteiger partial charge on any atom is 0.326 e. The molecule has 4 amide bonds. The molecule has 206 valence electrons. The van der Waals surface area contributed by atoms with Crippen LogP contribution in [0.2, 0.25) is 0 Å². The number of aromatic amines is 1. The first-order valence-electron chi connectivity index (χ1n) is 11.8. The summed E-state index contributed by atoms with van der Waals surface area (Å²) in [5, 5.41) is 26.6. The second-order valence-electron chi connectivity index (χ2n) is 9.12. The molecule has 1 heterocycles. The molecule has 0 aliphatic heterocycles. The second kappa shape index (κ2) is 13.7. The number of benzene rings is 1. The van der Waals surface area contributed by atoms with Crippen LogP contribution in [0.5, 0.6) is 5.75 Å². The molecule has 4 unspecified atom stereocenters. The summed E-state index contributed by atoms with van der Waals surface area (Å²) in [6.45, 7) is 3.32. The predicted molar refractivity (Wildman–Crippen MR) is 134 cm³/mol. The van der Waals surface area contributed by atoms with Gasteiger partial charge in [0.1, 0.15) is 23.9 Å². The Morgan fingerprint density at radius 3 is 2.11 bits per heavy atom. The molecule has 14 heteroatoms. The van der Waals surface area contributed by atoms with Crippen molar-refractivity contribution < 1.29 is 34.2 Å². The number of carbonyl (C=O) groups is 5. The van der Waals surface area contributed by atoms with E-state index in [0.717, 1.165) is 0 Å². The molecular weight excluding hydrogens is 498 g/mol. The third-order valence-electron chi connectivity index (χ3n) is 5.61. The highest BCUT2D eigenvalue weighted by Gasteiger charge is 2.32. The van der Waals surface area contributed by atoms with E-state index in [0.29, 0.717) is 11.3 Å². The number of nitrogens with one attached hydrogen (secondary N) is 4. The van der Waals surface area contributed by atoms with Gasteiger partial charge >= 0.3 is 5.97 Å². The minimum Gasteiger partial charge on any atom is -0.508 e. The summed E-state index contributed by atoms with van der Waals surface area (Å²) in [6.07, 6.45) is 2.29. The van der Waals surface area contributed by atoms with Crippen molar-refractivity contribution in [3.8, 4) is 5.75 Å². The first kappa shape index (κ1) is 29.8. The number of primary amides is 1. The van der Waals surface area contributed by atoms with Crippen molar-refractivity contribution in [2.75, 3.05) is 0 Å². The van der Waals surface area contributed by atoms with E-state index in [1.165, 1.54) is 36.8 Å². The van der Waals surface area contributed by atoms with Gasteiger partial charge < -0.3 is 42.6 Å². The largest absolute Gasteiger partial charge is 0.508 e. The molecule has 0 radical (unpaired) electrons. The fraction of sp³-hybridized carbons (Fsp3) is 0.417. The molecule has 1 aromatic heterocycles. The number of phenolic OH excluding ortho intramolecular Hbond substituents is 1. The van der Waals surface area contributed by atoms with Crippen LogP contribution in [0.1, 0.15) is 31.5 Å². The average molecular weight is 532 g/mol. The minimum absolute atomic E-state index is 0.00868. The Morgan fingerprint density at radius 1 is 0.947 bits per heavy atom. The summed E-state index contributed by atoms with van der Waals surface area (Å²) in [5.74, 6) is -4.77. The molecule has 0 spiro atoms. The standard InChI is InChI=1S/C24H33N7O7/c1-12(2)20(31-21(34)16(25)9-19(26)33)23(36)29-17(8-14-10-27-11-28-14)22(35)30-18(24(37)38)7-13-3-5-15(32)6-4-13/h3-6,10-12,16-18,20,32H,7-9,25H2,1-2H3,(H2,26,33)(H,27,28)(H,29,36)(H,30,35)(H,31,34)(H,37,38). The Balaban J connectivity index is 2.19. The smallest absolute Gasteiger partial charge is 0.326 e. The number of carbonyl (C=O) groups excluding carboxylic acids is 4. The van der Waals surface area contributed by atoms with E-state index in [-0.39, 0.29) is 18.6 Å². The molecule has 0 saturated heterocycles. The maximum atomic E-state index is 13.2. The summed E-state index contributed by atoms with van der Waals surface area (Å²) in [7, 11) is 0. The first-order chi connectivity index (χ1) is 17.9. The number of rotatable bonds is 14. The van der Waals surface area contributed by atoms with Crippen LogP contribution in [0, 0.1) is 5.92 Å². The Labute approximate surface area is 218 Å². The average Bonchev–Trinajstić information content (AvgIpc) is 3.35. The number of aliphatic carboxylic acids is 1. The van der Waals surface area contributed by atoms with Crippen molar-refractivity contribution in [3.05, 3.63) is 48.0 Å². The summed E-state index contributed by atoms with van der Waals surface area (Å²) in [4.78, 5) is 68.4. The number of phenols is 1. The number of carboxylic acid groups (broad SMARTS) is 1. The van der Waals surface area contributed by atoms with Crippen LogP contribution < -0.4 is 27.4 Å². The van der Waals surface area contributed by atoms with Crippen molar-refractivity contribution in [3.63, 3.8) is 0 Å². The molecule has 10 N–H and O–H groups in total. The highest BCUT2D eigenvalue weighted by molar-refractivity contribution is 5.95. The van der Waals surface area contributed by atoms with Gasteiger partial charge in [-0.25, -0.2) is 9.78 Å². The van der Waals surface area contributed by atoms with Gasteiger partial charge in [0.15, 0.2) is 0 Å². The second-order valence-corrected chi connectivity index (χ2v) is 9.12. The number of H-pyrrole nitrogens is 1. The van der Waals surface area contributed by atoms with Crippen LogP contribution >= 0.6 is 0 Å². The van der Waals surface area contributed by atoms with Crippen LogP contribution in [0.15, 0.2) is 36.8 Å². The molecule has 4 atom stereocenters. The fourth-order valence-electron chi connectivity index (χ4n) is 3.53. The third kappa shape index (κ3) is 9.20. The van der Waals surface area contributed by atoms with E-state index in [1.54, 1.807) is 13.8 Å². The topological polar surface area (TPSA) is 243 Å². The number of hydrogen-bond acceptors (Lipinski definition) is 8. The molecule has 0 fully saturated rings. The monoisotopic (exact) mass is 531 g/mol. The van der Waals surface area contributed by atoms with Crippen molar-refractivity contribution >= 4 is 29.6 Å². The van der Waals surface area contributed by atoms with E-state index in [4.69, 9.17) is 11.5 Å². The van der Waals surface area contributed by atoms with Crippen LogP contribution in [0.3, 0.4) is 0 Å². The van der Waals surface area contributed by atoms with Gasteiger partial charge in [-0.15, -0.1) is 0 Å². The molecular formula is C24H33N7O7. The van der Waals surface area contributed by atoms with Gasteiger partial charge in [0.05, 0.1) is 18.8 Å². The normalized spacial score (nSPS) is 14.1. The maximum absolute atomic E-state index is 13.2. The summed E-state index contributed by atoms with van der Waals surface area (Å²) in [6, 6.07) is 0.899. The van der Waals surface area contributed by atoms with E-state index in [2.05, 4.69) is 25.9 Å². The zero-order chi connectivity index (χ0) is 28.4. The van der Waals surface area contributed by atoms with E-state index >= 15 is 0 Å². The summed E-state index contributed by atoms with van der Waals surface area (Å²) in [5.41, 5.74) is 11.8. The Morgan fingerprint density at radius 2 is 1.58 bits per heavy atom. The first-order valence-corrected chi connectivity index (χ1v) is 11.8. The van der Waals surface area contributed by atoms with E-state index in [1.807, 2.05) is 0 Å². The number of aromatic hydroxyl groups is 1. The van der Waals surface area contributed by atoms with Gasteiger partial charge in [0.2, 0.25) is 23.6 Å². The van der Waals surface area contributed by atoms with Gasteiger partial charge in [0.25, 0.3) is 0 Å². The Bertz CT molecular complexity index is 1120. The van der Waals surface area contributed by atoms with Crippen molar-refractivity contribution in [1.29, 1.82) is 0 Å². The number of carboxylic acids is 1.